The molecule has 0 fully saturated rings. The van der Waals surface area contributed by atoms with Crippen molar-refractivity contribution in [3.8, 4) is 10.4 Å². The molecule has 19 heavy (non-hydrogen) atoms. The second kappa shape index (κ2) is 4.33. The second-order valence-corrected chi connectivity index (χ2v) is 5.03. The van der Waals surface area contributed by atoms with Gasteiger partial charge in [0.05, 0.1) is 16.5 Å². The molecule has 0 atom stereocenters. The van der Waals surface area contributed by atoms with Gasteiger partial charge in [0.1, 0.15) is 4.70 Å². The first-order chi connectivity index (χ1) is 9.16. The molecule has 94 valence electrons. The van der Waals surface area contributed by atoms with Crippen molar-refractivity contribution in [3.05, 3.63) is 63.1 Å². The topological polar surface area (TPSA) is 76.0 Å². The normalized spacial score (nSPS) is 10.7. The molecule has 0 unspecified atom stereocenters. The average Bonchev–Trinajstić information content (AvgIpc) is 2.85. The predicted octanol–water partition coefficient (Wildman–Crippen LogP) is 3.16. The van der Waals surface area contributed by atoms with E-state index in [1.807, 2.05) is 30.3 Å². The van der Waals surface area contributed by atoms with Crippen molar-refractivity contribution in [2.75, 3.05) is 0 Å². The van der Waals surface area contributed by atoms with Crippen LogP contribution in [0.15, 0.2) is 47.4 Å². The summed E-state index contributed by atoms with van der Waals surface area (Å²) in [6.45, 7) is 0. The van der Waals surface area contributed by atoms with Crippen molar-refractivity contribution in [1.29, 1.82) is 0 Å². The Labute approximate surface area is 111 Å². The van der Waals surface area contributed by atoms with Crippen molar-refractivity contribution < 1.29 is 4.92 Å². The summed E-state index contributed by atoms with van der Waals surface area (Å²) in [5.41, 5.74) is 0.568. The molecule has 2 heterocycles. The molecule has 0 radical (unpaired) electrons. The number of nitro groups is 1. The van der Waals surface area contributed by atoms with Crippen molar-refractivity contribution in [2.45, 2.75) is 0 Å². The number of rotatable bonds is 2. The van der Waals surface area contributed by atoms with E-state index < -0.39 is 4.92 Å². The van der Waals surface area contributed by atoms with Crippen LogP contribution in [-0.2, 0) is 0 Å². The Hall–Kier alpha value is -2.47. The molecule has 1 N–H and O–H groups in total. The fourth-order valence-corrected chi connectivity index (χ4v) is 3.06. The first-order valence-corrected chi connectivity index (χ1v) is 6.33. The molecule has 0 saturated heterocycles. The van der Waals surface area contributed by atoms with Crippen molar-refractivity contribution in [1.82, 2.24) is 4.98 Å². The molecule has 0 bridgehead atoms. The third-order valence-electron chi connectivity index (χ3n) is 2.80. The number of aromatic nitrogens is 1. The van der Waals surface area contributed by atoms with Gasteiger partial charge in [0, 0.05) is 4.88 Å². The lowest BCUT2D eigenvalue weighted by Gasteiger charge is -1.93. The number of pyridine rings is 1. The average molecular weight is 272 g/mol. The molecule has 0 spiro atoms. The van der Waals surface area contributed by atoms with Crippen LogP contribution in [0.2, 0.25) is 0 Å². The Morgan fingerprint density at radius 3 is 2.63 bits per heavy atom. The lowest BCUT2D eigenvalue weighted by Crippen LogP contribution is -2.05. The molecular weight excluding hydrogens is 264 g/mol. The Bertz CT molecular complexity index is 821. The Kier molecular flexibility index (Phi) is 2.64. The monoisotopic (exact) mass is 272 g/mol. The SMILES string of the molecule is O=c1[nH]cc([N+](=O)[O-])c2sc(-c3ccccc3)cc12. The minimum absolute atomic E-state index is 0.0678. The van der Waals surface area contributed by atoms with E-state index in [4.69, 9.17) is 0 Å². The van der Waals surface area contributed by atoms with Crippen LogP contribution in [0.5, 0.6) is 0 Å². The number of benzene rings is 1. The summed E-state index contributed by atoms with van der Waals surface area (Å²) in [4.78, 5) is 25.4. The zero-order chi connectivity index (χ0) is 13.4. The molecule has 5 nitrogen and oxygen atoms in total. The third-order valence-corrected chi connectivity index (χ3v) is 4.01. The number of hydrogen-bond acceptors (Lipinski definition) is 4. The van der Waals surface area contributed by atoms with Crippen LogP contribution in [0.4, 0.5) is 5.69 Å². The van der Waals surface area contributed by atoms with Gasteiger partial charge in [0.25, 0.3) is 5.56 Å². The van der Waals surface area contributed by atoms with Crippen LogP contribution >= 0.6 is 11.3 Å². The molecular formula is C13H8N2O3S. The first-order valence-electron chi connectivity index (χ1n) is 5.52. The molecule has 0 aliphatic carbocycles. The standard InChI is InChI=1S/C13H8N2O3S/c16-13-9-6-11(8-4-2-1-3-5-8)19-12(9)10(7-14-13)15(17)18/h1-7H,(H,14,16). The van der Waals surface area contributed by atoms with E-state index >= 15 is 0 Å². The van der Waals surface area contributed by atoms with Gasteiger partial charge >= 0.3 is 5.69 Å². The fraction of sp³-hybridized carbons (Fsp3) is 0. The second-order valence-electron chi connectivity index (χ2n) is 3.98. The summed E-state index contributed by atoms with van der Waals surface area (Å²) in [6, 6.07) is 11.2. The van der Waals surface area contributed by atoms with E-state index in [0.717, 1.165) is 16.6 Å². The maximum atomic E-state index is 11.7. The smallest absolute Gasteiger partial charge is 0.303 e. The van der Waals surface area contributed by atoms with E-state index in [9.17, 15) is 14.9 Å². The highest BCUT2D eigenvalue weighted by Crippen LogP contribution is 2.36. The zero-order valence-electron chi connectivity index (χ0n) is 9.62. The van der Waals surface area contributed by atoms with Crippen LogP contribution < -0.4 is 5.56 Å². The summed E-state index contributed by atoms with van der Waals surface area (Å²) >= 11 is 1.26. The van der Waals surface area contributed by atoms with Gasteiger partial charge in [-0.3, -0.25) is 14.9 Å². The largest absolute Gasteiger partial charge is 0.322 e. The fourth-order valence-electron chi connectivity index (χ4n) is 1.91. The van der Waals surface area contributed by atoms with E-state index in [1.54, 1.807) is 6.07 Å². The van der Waals surface area contributed by atoms with Gasteiger partial charge in [-0.05, 0) is 11.6 Å². The third kappa shape index (κ3) is 1.92. The first kappa shape index (κ1) is 11.6. The number of thiophene rings is 1. The number of hydrogen-bond donors (Lipinski definition) is 1. The van der Waals surface area contributed by atoms with E-state index in [-0.39, 0.29) is 11.2 Å². The number of H-pyrrole nitrogens is 1. The number of nitrogens with zero attached hydrogens (tertiary/aromatic N) is 1. The van der Waals surface area contributed by atoms with Crippen LogP contribution in [0.3, 0.4) is 0 Å². The molecule has 3 rings (SSSR count). The van der Waals surface area contributed by atoms with E-state index in [2.05, 4.69) is 4.98 Å². The predicted molar refractivity (Wildman–Crippen MR) is 74.5 cm³/mol. The quantitative estimate of drug-likeness (QED) is 0.575. The molecule has 3 aromatic rings. The summed E-state index contributed by atoms with van der Waals surface area (Å²) in [5.74, 6) is 0. The van der Waals surface area contributed by atoms with Gasteiger partial charge in [-0.2, -0.15) is 0 Å². The van der Waals surface area contributed by atoms with Crippen LogP contribution in [0.25, 0.3) is 20.5 Å². The minimum Gasteiger partial charge on any atom is -0.322 e. The Morgan fingerprint density at radius 1 is 1.21 bits per heavy atom. The van der Waals surface area contributed by atoms with Gasteiger partial charge in [0.2, 0.25) is 0 Å². The highest BCUT2D eigenvalue weighted by molar-refractivity contribution is 7.22. The van der Waals surface area contributed by atoms with Gasteiger partial charge in [-0.25, -0.2) is 0 Å². The summed E-state index contributed by atoms with van der Waals surface area (Å²) in [5, 5.41) is 11.3. The molecule has 1 aromatic carbocycles. The van der Waals surface area contributed by atoms with Gasteiger partial charge in [-0.15, -0.1) is 11.3 Å². The van der Waals surface area contributed by atoms with Crippen molar-refractivity contribution in [3.63, 3.8) is 0 Å². The minimum atomic E-state index is -0.483. The maximum absolute atomic E-state index is 11.7. The highest BCUT2D eigenvalue weighted by Gasteiger charge is 2.17. The van der Waals surface area contributed by atoms with Crippen LogP contribution in [0.1, 0.15) is 0 Å². The maximum Gasteiger partial charge on any atom is 0.303 e. The summed E-state index contributed by atoms with van der Waals surface area (Å²) < 4.78 is 0.410. The Morgan fingerprint density at radius 2 is 1.95 bits per heavy atom. The molecule has 2 aromatic heterocycles. The number of fused-ring (bicyclic) bond motifs is 1. The molecule has 0 aliphatic rings. The summed E-state index contributed by atoms with van der Waals surface area (Å²) in [7, 11) is 0. The van der Waals surface area contributed by atoms with Gasteiger partial charge in [-0.1, -0.05) is 30.3 Å². The summed E-state index contributed by atoms with van der Waals surface area (Å²) in [6.07, 6.45) is 1.15. The molecule has 6 heteroatoms. The van der Waals surface area contributed by atoms with Gasteiger partial charge in [0.15, 0.2) is 0 Å². The number of aromatic amines is 1. The number of nitrogens with one attached hydrogen (secondary N) is 1. The van der Waals surface area contributed by atoms with E-state index in [1.165, 1.54) is 11.3 Å². The van der Waals surface area contributed by atoms with Gasteiger partial charge < -0.3 is 4.98 Å². The zero-order valence-corrected chi connectivity index (χ0v) is 10.4. The lowest BCUT2D eigenvalue weighted by atomic mass is 10.2. The van der Waals surface area contributed by atoms with E-state index in [0.29, 0.717) is 10.1 Å². The molecule has 0 saturated carbocycles. The molecule has 0 amide bonds. The van der Waals surface area contributed by atoms with Crippen molar-refractivity contribution >= 4 is 27.1 Å². The van der Waals surface area contributed by atoms with Crippen LogP contribution in [-0.4, -0.2) is 9.91 Å². The van der Waals surface area contributed by atoms with Crippen LogP contribution in [0, 0.1) is 10.1 Å². The van der Waals surface area contributed by atoms with Crippen molar-refractivity contribution in [2.24, 2.45) is 0 Å². The molecule has 0 aliphatic heterocycles. The Balaban J connectivity index is 2.32. The lowest BCUT2D eigenvalue weighted by molar-refractivity contribution is -0.383. The highest BCUT2D eigenvalue weighted by atomic mass is 32.1.